The zero-order valence-corrected chi connectivity index (χ0v) is 20.3. The summed E-state index contributed by atoms with van der Waals surface area (Å²) in [6.45, 7) is 1.51. The largest absolute Gasteiger partial charge is 0.497 e. The minimum absolute atomic E-state index is 0.218. The number of carbonyl (C=O) groups is 1. The van der Waals surface area contributed by atoms with E-state index in [2.05, 4.69) is 36.4 Å². The van der Waals surface area contributed by atoms with E-state index in [1.54, 1.807) is 7.11 Å². The number of carboxylic acid groups (broad SMARTS) is 1. The fourth-order valence-electron chi connectivity index (χ4n) is 4.04. The molecule has 1 N–H and O–H groups in total. The highest BCUT2D eigenvalue weighted by Gasteiger charge is 2.37. The average molecular weight is 475 g/mol. The third-order valence-corrected chi connectivity index (χ3v) is 5.81. The third-order valence-electron chi connectivity index (χ3n) is 5.81. The lowest BCUT2D eigenvalue weighted by atomic mass is 9.80. The molecule has 0 aliphatic heterocycles. The number of hydrogen-bond donors (Lipinski definition) is 1. The molecule has 0 fully saturated rings. The number of unbranched alkanes of at least 4 members (excludes halogenated alkanes) is 2. The summed E-state index contributed by atoms with van der Waals surface area (Å²) in [5, 5.41) is 8.68. The molecule has 3 rings (SSSR count). The monoisotopic (exact) mass is 474 g/mol. The first-order valence-corrected chi connectivity index (χ1v) is 12.0. The van der Waals surface area contributed by atoms with Gasteiger partial charge < -0.3 is 19.3 Å². The number of rotatable bonds is 15. The van der Waals surface area contributed by atoms with Gasteiger partial charge in [-0.3, -0.25) is 4.79 Å². The van der Waals surface area contributed by atoms with E-state index < -0.39 is 11.6 Å². The van der Waals surface area contributed by atoms with Crippen molar-refractivity contribution in [2.24, 2.45) is 0 Å². The first kappa shape index (κ1) is 26.2. The van der Waals surface area contributed by atoms with Gasteiger partial charge >= 0.3 is 5.97 Å². The Labute approximate surface area is 208 Å². The Hall–Kier alpha value is -3.41. The smallest absolute Gasteiger partial charge is 0.303 e. The zero-order chi connectivity index (χ0) is 24.8. The van der Waals surface area contributed by atoms with Gasteiger partial charge in [-0.1, -0.05) is 91.4 Å². The van der Waals surface area contributed by atoms with E-state index in [0.717, 1.165) is 35.3 Å². The van der Waals surface area contributed by atoms with Crippen molar-refractivity contribution in [1.29, 1.82) is 0 Å². The van der Waals surface area contributed by atoms with Gasteiger partial charge in [0.25, 0.3) is 0 Å². The van der Waals surface area contributed by atoms with Crippen molar-refractivity contribution in [2.45, 2.75) is 31.3 Å². The SMILES string of the molecule is COc1ccc(C(OCC=CCOCCCCCC(=O)O)(c2ccccc2)c2ccccc2)cc1. The van der Waals surface area contributed by atoms with Crippen LogP contribution in [0.15, 0.2) is 97.1 Å². The summed E-state index contributed by atoms with van der Waals surface area (Å²) in [6, 6.07) is 28.5. The van der Waals surface area contributed by atoms with Crippen LogP contribution < -0.4 is 4.74 Å². The van der Waals surface area contributed by atoms with Gasteiger partial charge in [0, 0.05) is 13.0 Å². The minimum atomic E-state index is -0.788. The van der Waals surface area contributed by atoms with Gasteiger partial charge in [0.05, 0.1) is 20.3 Å². The molecule has 5 heteroatoms. The van der Waals surface area contributed by atoms with Gasteiger partial charge in [-0.15, -0.1) is 0 Å². The van der Waals surface area contributed by atoms with Gasteiger partial charge in [-0.2, -0.15) is 0 Å². The number of hydrogen-bond acceptors (Lipinski definition) is 4. The molecule has 0 aliphatic rings. The van der Waals surface area contributed by atoms with E-state index >= 15 is 0 Å². The number of benzene rings is 3. The number of methoxy groups -OCH3 is 1. The maximum absolute atomic E-state index is 10.5. The lowest BCUT2D eigenvalue weighted by molar-refractivity contribution is -0.137. The highest BCUT2D eigenvalue weighted by Crippen LogP contribution is 2.40. The Morgan fingerprint density at radius 2 is 1.34 bits per heavy atom. The third kappa shape index (κ3) is 7.54. The van der Waals surface area contributed by atoms with Gasteiger partial charge in [0.2, 0.25) is 0 Å². The lowest BCUT2D eigenvalue weighted by Gasteiger charge is -2.35. The molecule has 0 aromatic heterocycles. The van der Waals surface area contributed by atoms with Crippen LogP contribution in [0.2, 0.25) is 0 Å². The summed E-state index contributed by atoms with van der Waals surface area (Å²) in [5.74, 6) is 0.0503. The summed E-state index contributed by atoms with van der Waals surface area (Å²) in [6.07, 6.45) is 6.57. The Morgan fingerprint density at radius 1 is 0.771 bits per heavy atom. The van der Waals surface area contributed by atoms with Crippen molar-refractivity contribution in [3.05, 3.63) is 114 Å². The zero-order valence-electron chi connectivity index (χ0n) is 20.3. The van der Waals surface area contributed by atoms with E-state index in [4.69, 9.17) is 19.3 Å². The molecule has 184 valence electrons. The highest BCUT2D eigenvalue weighted by molar-refractivity contribution is 5.66. The second-order valence-electron chi connectivity index (χ2n) is 8.20. The minimum Gasteiger partial charge on any atom is -0.497 e. The van der Waals surface area contributed by atoms with E-state index in [1.807, 2.05) is 60.7 Å². The van der Waals surface area contributed by atoms with Crippen LogP contribution in [-0.2, 0) is 19.9 Å². The van der Waals surface area contributed by atoms with E-state index in [-0.39, 0.29) is 6.42 Å². The lowest BCUT2D eigenvalue weighted by Crippen LogP contribution is -2.33. The Morgan fingerprint density at radius 3 is 1.91 bits per heavy atom. The Bertz CT molecular complexity index is 990. The molecular formula is C30H34O5. The number of aliphatic carboxylic acids is 1. The fraction of sp³-hybridized carbons (Fsp3) is 0.300. The Kier molecular flexibility index (Phi) is 10.6. The summed E-state index contributed by atoms with van der Waals surface area (Å²) < 4.78 is 17.7. The molecule has 0 saturated heterocycles. The van der Waals surface area contributed by atoms with Crippen LogP contribution in [-0.4, -0.2) is 38.0 Å². The molecule has 5 nitrogen and oxygen atoms in total. The molecule has 0 spiro atoms. The predicted molar refractivity (Wildman–Crippen MR) is 138 cm³/mol. The quantitative estimate of drug-likeness (QED) is 0.161. The van der Waals surface area contributed by atoms with Crippen LogP contribution in [0.1, 0.15) is 42.4 Å². The topological polar surface area (TPSA) is 65.0 Å². The Balaban J connectivity index is 1.72. The maximum Gasteiger partial charge on any atom is 0.303 e. The van der Waals surface area contributed by atoms with Crippen LogP contribution >= 0.6 is 0 Å². The summed E-state index contributed by atoms with van der Waals surface area (Å²) >= 11 is 0. The number of carboxylic acids is 1. The normalized spacial score (nSPS) is 11.6. The molecule has 0 unspecified atom stereocenters. The average Bonchev–Trinajstić information content (AvgIpc) is 2.90. The van der Waals surface area contributed by atoms with Crippen molar-refractivity contribution < 1.29 is 24.1 Å². The predicted octanol–water partition coefficient (Wildman–Crippen LogP) is 6.22. The molecule has 0 saturated carbocycles. The first-order valence-electron chi connectivity index (χ1n) is 12.0. The van der Waals surface area contributed by atoms with Crippen molar-refractivity contribution in [1.82, 2.24) is 0 Å². The molecule has 0 bridgehead atoms. The second-order valence-corrected chi connectivity index (χ2v) is 8.20. The molecule has 0 atom stereocenters. The maximum atomic E-state index is 10.5. The van der Waals surface area contributed by atoms with Crippen molar-refractivity contribution >= 4 is 5.97 Å². The number of ether oxygens (including phenoxy) is 3. The van der Waals surface area contributed by atoms with E-state index in [0.29, 0.717) is 26.2 Å². The standard InChI is InChI=1S/C30H34O5/c1-33-28-20-18-27(19-21-28)30(25-13-5-2-6-14-25,26-15-7-3-8-16-26)35-24-12-11-23-34-22-10-4-9-17-29(31)32/h2-3,5-8,11-16,18-21H,4,9-10,17,22-24H2,1H3,(H,31,32). The van der Waals surface area contributed by atoms with Gasteiger partial charge in [-0.05, 0) is 41.7 Å². The molecule has 0 heterocycles. The first-order chi connectivity index (χ1) is 17.2. The molecule has 0 amide bonds. The highest BCUT2D eigenvalue weighted by atomic mass is 16.5. The van der Waals surface area contributed by atoms with Crippen LogP contribution in [0.5, 0.6) is 5.75 Å². The van der Waals surface area contributed by atoms with Crippen molar-refractivity contribution in [2.75, 3.05) is 26.9 Å². The van der Waals surface area contributed by atoms with Gasteiger partial charge in [0.15, 0.2) is 0 Å². The molecule has 3 aromatic rings. The molecule has 0 aliphatic carbocycles. The van der Waals surface area contributed by atoms with Crippen LogP contribution in [0, 0.1) is 0 Å². The van der Waals surface area contributed by atoms with Crippen LogP contribution in [0.4, 0.5) is 0 Å². The van der Waals surface area contributed by atoms with Crippen LogP contribution in [0.25, 0.3) is 0 Å². The molecule has 35 heavy (non-hydrogen) atoms. The van der Waals surface area contributed by atoms with Crippen molar-refractivity contribution in [3.63, 3.8) is 0 Å². The van der Waals surface area contributed by atoms with Gasteiger partial charge in [-0.25, -0.2) is 0 Å². The van der Waals surface area contributed by atoms with Crippen molar-refractivity contribution in [3.8, 4) is 5.75 Å². The van der Waals surface area contributed by atoms with E-state index in [9.17, 15) is 4.79 Å². The van der Waals surface area contributed by atoms with E-state index in [1.165, 1.54) is 0 Å². The molecule has 3 aromatic carbocycles. The summed E-state index contributed by atoms with van der Waals surface area (Å²) in [7, 11) is 1.66. The molecular weight excluding hydrogens is 440 g/mol. The van der Waals surface area contributed by atoms with Crippen LogP contribution in [0.3, 0.4) is 0 Å². The molecule has 0 radical (unpaired) electrons. The summed E-state index contributed by atoms with van der Waals surface area (Å²) in [4.78, 5) is 10.5. The summed E-state index contributed by atoms with van der Waals surface area (Å²) in [5.41, 5.74) is 2.32. The van der Waals surface area contributed by atoms with Gasteiger partial charge in [0.1, 0.15) is 11.4 Å². The fourth-order valence-corrected chi connectivity index (χ4v) is 4.04. The second kappa shape index (κ2) is 14.1.